The Hall–Kier alpha value is -0.640. The largest absolute Gasteiger partial charge is 0.281 e. The van der Waals surface area contributed by atoms with Crippen molar-refractivity contribution in [3.05, 3.63) is 0 Å². The van der Waals surface area contributed by atoms with Gasteiger partial charge in [0.25, 0.3) is 10.2 Å². The molecule has 0 N–H and O–H groups in total. The van der Waals surface area contributed by atoms with Crippen molar-refractivity contribution in [3.63, 3.8) is 0 Å². The van der Waals surface area contributed by atoms with E-state index in [1.165, 1.54) is 15.7 Å². The summed E-state index contributed by atoms with van der Waals surface area (Å²) in [6.07, 6.45) is 4.32. The van der Waals surface area contributed by atoms with Gasteiger partial charge >= 0.3 is 0 Å². The standard InChI is InChI=1S/C10H19N3O2S/c1-12(8-6-7-11)16(14,15)13-9-4-2-3-5-10-13/h2-6,8-10H2,1H3. The molecule has 0 radical (unpaired) electrons. The van der Waals surface area contributed by atoms with Crippen LogP contribution < -0.4 is 0 Å². The molecule has 92 valence electrons. The zero-order chi connectivity index (χ0) is 12.0. The van der Waals surface area contributed by atoms with Gasteiger partial charge in [-0.1, -0.05) is 12.8 Å². The molecule has 1 aliphatic heterocycles. The van der Waals surface area contributed by atoms with Crippen molar-refractivity contribution in [2.75, 3.05) is 26.7 Å². The van der Waals surface area contributed by atoms with Gasteiger partial charge in [-0.15, -0.1) is 0 Å². The van der Waals surface area contributed by atoms with Gasteiger partial charge in [0, 0.05) is 33.1 Å². The van der Waals surface area contributed by atoms with Crippen molar-refractivity contribution >= 4 is 10.2 Å². The Bertz CT molecular complexity index is 340. The molecule has 0 amide bonds. The number of hydrogen-bond donors (Lipinski definition) is 0. The predicted octanol–water partition coefficient (Wildman–Crippen LogP) is 0.953. The summed E-state index contributed by atoms with van der Waals surface area (Å²) >= 11 is 0. The van der Waals surface area contributed by atoms with E-state index in [9.17, 15) is 8.42 Å². The van der Waals surface area contributed by atoms with Crippen molar-refractivity contribution < 1.29 is 8.42 Å². The molecule has 1 fully saturated rings. The van der Waals surface area contributed by atoms with E-state index in [-0.39, 0.29) is 13.0 Å². The first-order valence-electron chi connectivity index (χ1n) is 5.67. The van der Waals surface area contributed by atoms with Crippen LogP contribution in [0.3, 0.4) is 0 Å². The van der Waals surface area contributed by atoms with E-state index in [2.05, 4.69) is 0 Å². The van der Waals surface area contributed by atoms with Crippen LogP contribution in [-0.2, 0) is 10.2 Å². The quantitative estimate of drug-likeness (QED) is 0.741. The molecule has 0 unspecified atom stereocenters. The second-order valence-corrected chi connectivity index (χ2v) is 6.09. The number of nitrogens with zero attached hydrogens (tertiary/aromatic N) is 3. The smallest absolute Gasteiger partial charge is 0.198 e. The third kappa shape index (κ3) is 3.44. The summed E-state index contributed by atoms with van der Waals surface area (Å²) in [5, 5.41) is 8.45. The van der Waals surface area contributed by atoms with E-state index >= 15 is 0 Å². The molecule has 0 spiro atoms. The SMILES string of the molecule is CN(CCC#N)S(=O)(=O)N1CCCCCC1. The molecule has 0 aromatic rings. The lowest BCUT2D eigenvalue weighted by atomic mass is 10.2. The molecule has 0 aromatic carbocycles. The van der Waals surface area contributed by atoms with Gasteiger partial charge in [0.05, 0.1) is 6.07 Å². The van der Waals surface area contributed by atoms with Crippen molar-refractivity contribution in [2.24, 2.45) is 0 Å². The normalized spacial score (nSPS) is 19.3. The van der Waals surface area contributed by atoms with Gasteiger partial charge in [-0.05, 0) is 12.8 Å². The molecular formula is C10H19N3O2S. The maximum absolute atomic E-state index is 12.1. The van der Waals surface area contributed by atoms with Gasteiger partial charge in [0.1, 0.15) is 0 Å². The summed E-state index contributed by atoms with van der Waals surface area (Å²) in [4.78, 5) is 0. The fourth-order valence-corrected chi connectivity index (χ4v) is 3.23. The molecule has 1 saturated heterocycles. The van der Waals surface area contributed by atoms with Gasteiger partial charge in [-0.3, -0.25) is 0 Å². The molecule has 0 atom stereocenters. The highest BCUT2D eigenvalue weighted by molar-refractivity contribution is 7.86. The fraction of sp³-hybridized carbons (Fsp3) is 0.900. The fourth-order valence-electron chi connectivity index (χ4n) is 1.79. The number of nitriles is 1. The summed E-state index contributed by atoms with van der Waals surface area (Å²) in [6, 6.07) is 1.96. The molecule has 0 aliphatic carbocycles. The van der Waals surface area contributed by atoms with Gasteiger partial charge in [-0.25, -0.2) is 0 Å². The first-order chi connectivity index (χ1) is 7.59. The highest BCUT2D eigenvalue weighted by Gasteiger charge is 2.26. The first-order valence-corrected chi connectivity index (χ1v) is 7.07. The van der Waals surface area contributed by atoms with E-state index in [1.54, 1.807) is 0 Å². The van der Waals surface area contributed by atoms with E-state index < -0.39 is 10.2 Å². The van der Waals surface area contributed by atoms with E-state index in [0.29, 0.717) is 13.1 Å². The summed E-state index contributed by atoms with van der Waals surface area (Å²) in [6.45, 7) is 1.49. The molecule has 5 nitrogen and oxygen atoms in total. The molecule has 6 heteroatoms. The molecule has 1 rings (SSSR count). The minimum Gasteiger partial charge on any atom is -0.198 e. The summed E-state index contributed by atoms with van der Waals surface area (Å²) in [5.74, 6) is 0. The average Bonchev–Trinajstić information content (AvgIpc) is 2.54. The zero-order valence-corrected chi connectivity index (χ0v) is 10.5. The minimum absolute atomic E-state index is 0.240. The van der Waals surface area contributed by atoms with Crippen molar-refractivity contribution in [1.29, 1.82) is 5.26 Å². The van der Waals surface area contributed by atoms with Gasteiger partial charge < -0.3 is 0 Å². The third-order valence-corrected chi connectivity index (χ3v) is 4.81. The lowest BCUT2D eigenvalue weighted by molar-refractivity contribution is 0.368. The van der Waals surface area contributed by atoms with Crippen molar-refractivity contribution in [1.82, 2.24) is 8.61 Å². The van der Waals surface area contributed by atoms with Crippen molar-refractivity contribution in [3.8, 4) is 6.07 Å². The molecule has 1 aliphatic rings. The predicted molar refractivity (Wildman–Crippen MR) is 61.8 cm³/mol. The van der Waals surface area contributed by atoms with E-state index in [1.807, 2.05) is 6.07 Å². The van der Waals surface area contributed by atoms with Crippen LogP contribution in [0.4, 0.5) is 0 Å². The van der Waals surface area contributed by atoms with Gasteiger partial charge in [-0.2, -0.15) is 22.3 Å². The van der Waals surface area contributed by atoms with Gasteiger partial charge in [0.2, 0.25) is 0 Å². The highest BCUT2D eigenvalue weighted by Crippen LogP contribution is 2.15. The summed E-state index contributed by atoms with van der Waals surface area (Å²) in [7, 11) is -1.80. The molecule has 0 aromatic heterocycles. The van der Waals surface area contributed by atoms with Crippen LogP contribution in [0.5, 0.6) is 0 Å². The van der Waals surface area contributed by atoms with Crippen LogP contribution in [0.25, 0.3) is 0 Å². The van der Waals surface area contributed by atoms with Gasteiger partial charge in [0.15, 0.2) is 0 Å². The molecular weight excluding hydrogens is 226 g/mol. The van der Waals surface area contributed by atoms with Crippen LogP contribution in [0.15, 0.2) is 0 Å². The lowest BCUT2D eigenvalue weighted by Crippen LogP contribution is -2.42. The Kier molecular flexibility index (Phi) is 5.19. The van der Waals surface area contributed by atoms with Crippen LogP contribution >= 0.6 is 0 Å². The third-order valence-electron chi connectivity index (χ3n) is 2.82. The number of rotatable bonds is 4. The minimum atomic E-state index is -3.34. The van der Waals surface area contributed by atoms with E-state index in [4.69, 9.17) is 5.26 Å². The second kappa shape index (κ2) is 6.18. The Labute approximate surface area is 97.8 Å². The molecule has 1 heterocycles. The van der Waals surface area contributed by atoms with E-state index in [0.717, 1.165) is 25.7 Å². The zero-order valence-electron chi connectivity index (χ0n) is 9.72. The Morgan fingerprint density at radius 2 is 1.81 bits per heavy atom. The topological polar surface area (TPSA) is 64.4 Å². The van der Waals surface area contributed by atoms with Crippen LogP contribution in [0.1, 0.15) is 32.1 Å². The maximum Gasteiger partial charge on any atom is 0.281 e. The molecule has 0 saturated carbocycles. The molecule has 16 heavy (non-hydrogen) atoms. The first kappa shape index (κ1) is 13.4. The Morgan fingerprint density at radius 3 is 2.31 bits per heavy atom. The Morgan fingerprint density at radius 1 is 1.25 bits per heavy atom. The van der Waals surface area contributed by atoms with Crippen LogP contribution in [0.2, 0.25) is 0 Å². The van der Waals surface area contributed by atoms with Crippen LogP contribution in [-0.4, -0.2) is 43.7 Å². The number of hydrogen-bond acceptors (Lipinski definition) is 3. The monoisotopic (exact) mass is 245 g/mol. The summed E-state index contributed by atoms with van der Waals surface area (Å²) in [5.41, 5.74) is 0. The van der Waals surface area contributed by atoms with Crippen LogP contribution in [0, 0.1) is 11.3 Å². The highest BCUT2D eigenvalue weighted by atomic mass is 32.2. The maximum atomic E-state index is 12.1. The second-order valence-electron chi connectivity index (χ2n) is 4.05. The Balaban J connectivity index is 2.64. The lowest BCUT2D eigenvalue weighted by Gasteiger charge is -2.25. The average molecular weight is 245 g/mol. The molecule has 0 bridgehead atoms. The summed E-state index contributed by atoms with van der Waals surface area (Å²) < 4.78 is 27.0. The van der Waals surface area contributed by atoms with Crippen molar-refractivity contribution in [2.45, 2.75) is 32.1 Å².